The molecule has 0 aromatic heterocycles. The molecule has 0 radical (unpaired) electrons. The van der Waals surface area contributed by atoms with E-state index in [2.05, 4.69) is 79.1 Å². The Morgan fingerprint density at radius 1 is 0.561 bits per heavy atom. The summed E-state index contributed by atoms with van der Waals surface area (Å²) in [5.74, 6) is -2.42. The predicted octanol–water partition coefficient (Wildman–Crippen LogP) is 11.6. The van der Waals surface area contributed by atoms with Crippen LogP contribution in [0.3, 0.4) is 0 Å². The monoisotopic (exact) mass is 824 g/mol. The van der Waals surface area contributed by atoms with Crippen molar-refractivity contribution in [2.24, 2.45) is 5.73 Å². The molecule has 0 amide bonds. The molecular weight excluding hydrogens is 745 g/mol. The lowest BCUT2D eigenvalue weighted by atomic mass is 10.1. The van der Waals surface area contributed by atoms with E-state index in [9.17, 15) is 23.8 Å². The average Bonchev–Trinajstić information content (AvgIpc) is 3.19. The zero-order chi connectivity index (χ0) is 42.1. The smallest absolute Gasteiger partial charge is 0.472 e. The van der Waals surface area contributed by atoms with Gasteiger partial charge in [-0.05, 0) is 77.0 Å². The van der Waals surface area contributed by atoms with Gasteiger partial charge in [-0.15, -0.1) is 0 Å². The molecule has 12 heteroatoms. The van der Waals surface area contributed by atoms with Crippen molar-refractivity contribution >= 4 is 25.7 Å². The van der Waals surface area contributed by atoms with Crippen molar-refractivity contribution in [2.45, 2.75) is 187 Å². The van der Waals surface area contributed by atoms with Gasteiger partial charge < -0.3 is 25.2 Å². The number of carbonyl (C=O) groups excluding carboxylic acids is 2. The van der Waals surface area contributed by atoms with Crippen LogP contribution < -0.4 is 5.73 Å². The van der Waals surface area contributed by atoms with E-state index in [1.165, 1.54) is 44.9 Å². The van der Waals surface area contributed by atoms with Crippen LogP contribution in [0.25, 0.3) is 0 Å². The number of carboxylic acids is 1. The molecule has 3 unspecified atom stereocenters. The standard InChI is InChI=1S/C45H78NO10P/c1-3-5-7-9-11-13-15-17-19-21-23-25-27-29-31-33-35-37-44(48)56-41(39-54-57(51,52)55-40-42(46)45(49)50)38-53-43(47)36-34-32-30-28-26-24-22-20-18-16-14-12-10-8-6-4-2/h5,7,11,13,17,19-20,22-23,25,41-42H,3-4,6,8-10,12,14-16,18,21,24,26-40,46H2,1-2H3,(H,49,50)(H,51,52)/b7-5-,13-11-,19-17-,22-20-,25-23-. The Balaban J connectivity index is 4.43. The minimum Gasteiger partial charge on any atom is -0.480 e. The highest BCUT2D eigenvalue weighted by Crippen LogP contribution is 2.43. The van der Waals surface area contributed by atoms with Crippen LogP contribution in [0.1, 0.15) is 174 Å². The van der Waals surface area contributed by atoms with Crippen LogP contribution in [0.2, 0.25) is 0 Å². The third-order valence-electron chi connectivity index (χ3n) is 9.00. The fourth-order valence-corrected chi connectivity index (χ4v) is 6.36. The van der Waals surface area contributed by atoms with Crippen molar-refractivity contribution in [1.82, 2.24) is 0 Å². The van der Waals surface area contributed by atoms with Crippen molar-refractivity contribution < 1.29 is 47.5 Å². The summed E-state index contributed by atoms with van der Waals surface area (Å²) in [7, 11) is -4.73. The molecule has 328 valence electrons. The highest BCUT2D eigenvalue weighted by Gasteiger charge is 2.28. The number of nitrogens with two attached hydrogens (primary N) is 1. The highest BCUT2D eigenvalue weighted by molar-refractivity contribution is 7.47. The van der Waals surface area contributed by atoms with Crippen molar-refractivity contribution in [3.05, 3.63) is 60.8 Å². The molecular formula is C45H78NO10P. The van der Waals surface area contributed by atoms with Gasteiger partial charge >= 0.3 is 25.7 Å². The third kappa shape index (κ3) is 39.8. The number of allylic oxidation sites excluding steroid dienone is 10. The molecule has 0 aliphatic heterocycles. The van der Waals surface area contributed by atoms with Crippen LogP contribution in [0.4, 0.5) is 0 Å². The molecule has 0 heterocycles. The van der Waals surface area contributed by atoms with E-state index in [0.29, 0.717) is 12.8 Å². The van der Waals surface area contributed by atoms with Crippen LogP contribution in [0.5, 0.6) is 0 Å². The third-order valence-corrected chi connectivity index (χ3v) is 9.95. The second kappa shape index (κ2) is 40.0. The van der Waals surface area contributed by atoms with Crippen LogP contribution in [-0.4, -0.2) is 59.9 Å². The molecule has 0 saturated heterocycles. The molecule has 4 N–H and O–H groups in total. The number of phosphoric ester groups is 1. The average molecular weight is 824 g/mol. The molecule has 3 atom stereocenters. The van der Waals surface area contributed by atoms with Crippen LogP contribution in [-0.2, 0) is 37.5 Å². The molecule has 0 fully saturated rings. The summed E-state index contributed by atoms with van der Waals surface area (Å²) in [5.41, 5.74) is 5.33. The van der Waals surface area contributed by atoms with Gasteiger partial charge in [0, 0.05) is 12.8 Å². The number of carboxylic acid groups (broad SMARTS) is 1. The number of phosphoric acid groups is 1. The van der Waals surface area contributed by atoms with Gasteiger partial charge in [0.15, 0.2) is 6.10 Å². The highest BCUT2D eigenvalue weighted by atomic mass is 31.2. The molecule has 57 heavy (non-hydrogen) atoms. The number of ether oxygens (including phenoxy) is 2. The van der Waals surface area contributed by atoms with Gasteiger partial charge in [-0.1, -0.05) is 145 Å². The summed E-state index contributed by atoms with van der Waals surface area (Å²) in [6, 6.07) is -1.53. The van der Waals surface area contributed by atoms with Crippen molar-refractivity contribution in [2.75, 3.05) is 19.8 Å². The maximum absolute atomic E-state index is 12.6. The second-order valence-corrected chi connectivity index (χ2v) is 15.9. The van der Waals surface area contributed by atoms with Gasteiger partial charge in [-0.2, -0.15) is 0 Å². The molecule has 11 nitrogen and oxygen atoms in total. The zero-order valence-corrected chi connectivity index (χ0v) is 36.3. The van der Waals surface area contributed by atoms with Gasteiger partial charge in [0.25, 0.3) is 0 Å². The van der Waals surface area contributed by atoms with E-state index in [1.54, 1.807) is 0 Å². The zero-order valence-electron chi connectivity index (χ0n) is 35.4. The van der Waals surface area contributed by atoms with Gasteiger partial charge in [0.2, 0.25) is 0 Å². The quantitative estimate of drug-likeness (QED) is 0.0232. The van der Waals surface area contributed by atoms with E-state index in [4.69, 9.17) is 24.8 Å². The number of esters is 2. The van der Waals surface area contributed by atoms with Crippen molar-refractivity contribution in [3.8, 4) is 0 Å². The van der Waals surface area contributed by atoms with Gasteiger partial charge in [0.05, 0.1) is 13.2 Å². The molecule has 0 rings (SSSR count). The summed E-state index contributed by atoms with van der Waals surface area (Å²) in [6.07, 6.45) is 45.7. The largest absolute Gasteiger partial charge is 0.480 e. The van der Waals surface area contributed by atoms with Crippen molar-refractivity contribution in [1.29, 1.82) is 0 Å². The molecule has 0 bridgehead atoms. The van der Waals surface area contributed by atoms with E-state index in [1.807, 2.05) is 0 Å². The van der Waals surface area contributed by atoms with Gasteiger partial charge in [0.1, 0.15) is 12.6 Å². The first-order valence-corrected chi connectivity index (χ1v) is 23.3. The fourth-order valence-electron chi connectivity index (χ4n) is 5.58. The van der Waals surface area contributed by atoms with Crippen LogP contribution in [0, 0.1) is 0 Å². The Hall–Kier alpha value is -2.82. The number of hydrogen-bond donors (Lipinski definition) is 3. The minimum atomic E-state index is -4.73. The first-order chi connectivity index (χ1) is 27.6. The van der Waals surface area contributed by atoms with E-state index < -0.39 is 51.1 Å². The summed E-state index contributed by atoms with van der Waals surface area (Å²) >= 11 is 0. The Morgan fingerprint density at radius 2 is 0.982 bits per heavy atom. The van der Waals surface area contributed by atoms with Gasteiger partial charge in [-0.3, -0.25) is 23.4 Å². The number of aliphatic carboxylic acids is 1. The molecule has 0 aliphatic carbocycles. The lowest BCUT2D eigenvalue weighted by Crippen LogP contribution is -2.34. The Kier molecular flexibility index (Phi) is 38.0. The predicted molar refractivity (Wildman–Crippen MR) is 231 cm³/mol. The first kappa shape index (κ1) is 54.2. The van der Waals surface area contributed by atoms with Crippen LogP contribution in [0.15, 0.2) is 60.8 Å². The summed E-state index contributed by atoms with van der Waals surface area (Å²) in [6.45, 7) is 2.65. The Morgan fingerprint density at radius 3 is 1.49 bits per heavy atom. The first-order valence-electron chi connectivity index (χ1n) is 21.8. The normalized spacial score (nSPS) is 14.3. The lowest BCUT2D eigenvalue weighted by Gasteiger charge is -2.20. The summed E-state index contributed by atoms with van der Waals surface area (Å²) in [4.78, 5) is 46.0. The maximum atomic E-state index is 12.6. The molecule has 0 aromatic carbocycles. The second-order valence-electron chi connectivity index (χ2n) is 14.4. The van der Waals surface area contributed by atoms with E-state index in [0.717, 1.165) is 89.9 Å². The van der Waals surface area contributed by atoms with E-state index >= 15 is 0 Å². The Bertz CT molecular complexity index is 1200. The fraction of sp³-hybridized carbons (Fsp3) is 0.711. The molecule has 0 saturated carbocycles. The van der Waals surface area contributed by atoms with Gasteiger partial charge in [-0.25, -0.2) is 4.57 Å². The molecule has 0 aromatic rings. The number of unbranched alkanes of at least 4 members (excludes halogenated alkanes) is 16. The summed E-state index contributed by atoms with van der Waals surface area (Å²) < 4.78 is 32.7. The number of rotatable bonds is 40. The summed E-state index contributed by atoms with van der Waals surface area (Å²) in [5, 5.41) is 8.89. The maximum Gasteiger partial charge on any atom is 0.472 e. The number of carbonyl (C=O) groups is 3. The van der Waals surface area contributed by atoms with Crippen LogP contribution >= 0.6 is 7.82 Å². The SMILES string of the molecule is CC/C=C\C/C=C\C/C=C\C/C=C\CCCCCCC(=O)OC(COC(=O)CCCCCCC/C=C\CCCCCCCCC)COP(=O)(O)OCC(N)C(=O)O. The van der Waals surface area contributed by atoms with Crippen molar-refractivity contribution in [3.63, 3.8) is 0 Å². The minimum absolute atomic E-state index is 0.129. The molecule has 0 aliphatic rings. The molecule has 0 spiro atoms. The van der Waals surface area contributed by atoms with E-state index in [-0.39, 0.29) is 19.4 Å². The topological polar surface area (TPSA) is 172 Å². The number of hydrogen-bond acceptors (Lipinski definition) is 9. The lowest BCUT2D eigenvalue weighted by molar-refractivity contribution is -0.161. The Labute approximate surface area is 345 Å².